The molecule has 0 radical (unpaired) electrons. The standard InChI is InChI=1S/C12H16BrNO3/c1-2-12(11(15)16)6-3-7-14(12)8-9-4-5-10(13)17-9/h4-5H,2-3,6-8H2,1H3,(H,15,16). The number of hydrogen-bond donors (Lipinski definition) is 1. The highest BCUT2D eigenvalue weighted by molar-refractivity contribution is 9.10. The third-order valence-corrected chi connectivity index (χ3v) is 4.01. The molecule has 17 heavy (non-hydrogen) atoms. The van der Waals surface area contributed by atoms with E-state index in [0.29, 0.717) is 17.6 Å². The molecule has 0 saturated carbocycles. The van der Waals surface area contributed by atoms with Crippen molar-refractivity contribution in [3.8, 4) is 0 Å². The summed E-state index contributed by atoms with van der Waals surface area (Å²) in [5, 5.41) is 9.44. The zero-order valence-corrected chi connectivity index (χ0v) is 11.4. The zero-order chi connectivity index (χ0) is 12.5. The Morgan fingerprint density at radius 2 is 2.41 bits per heavy atom. The monoisotopic (exact) mass is 301 g/mol. The molecule has 1 N–H and O–H groups in total. The number of rotatable bonds is 4. The quantitative estimate of drug-likeness (QED) is 0.929. The molecular formula is C12H16BrNO3. The lowest BCUT2D eigenvalue weighted by Gasteiger charge is -2.33. The number of aliphatic carboxylic acids is 1. The van der Waals surface area contributed by atoms with E-state index in [1.165, 1.54) is 0 Å². The van der Waals surface area contributed by atoms with Gasteiger partial charge in [-0.05, 0) is 53.9 Å². The van der Waals surface area contributed by atoms with Gasteiger partial charge in [0.25, 0.3) is 0 Å². The van der Waals surface area contributed by atoms with Gasteiger partial charge in [0.2, 0.25) is 0 Å². The number of carboxylic acids is 1. The van der Waals surface area contributed by atoms with Crippen LogP contribution in [0.3, 0.4) is 0 Å². The molecule has 0 aromatic carbocycles. The van der Waals surface area contributed by atoms with E-state index in [1.807, 2.05) is 24.0 Å². The number of nitrogens with zero attached hydrogens (tertiary/aromatic N) is 1. The molecule has 5 heteroatoms. The summed E-state index contributed by atoms with van der Waals surface area (Å²) in [5.74, 6) is 0.0842. The molecule has 1 aromatic heterocycles. The largest absolute Gasteiger partial charge is 0.480 e. The van der Waals surface area contributed by atoms with Crippen molar-refractivity contribution < 1.29 is 14.3 Å². The minimum absolute atomic E-state index is 0.561. The Labute approximate surface area is 109 Å². The summed E-state index contributed by atoms with van der Waals surface area (Å²) in [7, 11) is 0. The zero-order valence-electron chi connectivity index (χ0n) is 9.78. The molecule has 2 heterocycles. The SMILES string of the molecule is CCC1(C(=O)O)CCCN1Cc1ccc(Br)o1. The van der Waals surface area contributed by atoms with Gasteiger partial charge < -0.3 is 9.52 Å². The van der Waals surface area contributed by atoms with Crippen molar-refractivity contribution in [2.45, 2.75) is 38.3 Å². The van der Waals surface area contributed by atoms with Crippen LogP contribution in [0.15, 0.2) is 21.2 Å². The van der Waals surface area contributed by atoms with Crippen LogP contribution in [0.1, 0.15) is 31.9 Å². The summed E-state index contributed by atoms with van der Waals surface area (Å²) >= 11 is 3.25. The highest BCUT2D eigenvalue weighted by Gasteiger charge is 2.46. The first kappa shape index (κ1) is 12.6. The van der Waals surface area contributed by atoms with E-state index in [2.05, 4.69) is 15.9 Å². The third kappa shape index (κ3) is 2.26. The predicted molar refractivity (Wildman–Crippen MR) is 66.7 cm³/mol. The van der Waals surface area contributed by atoms with Gasteiger partial charge in [-0.2, -0.15) is 0 Å². The summed E-state index contributed by atoms with van der Waals surface area (Å²) in [6.07, 6.45) is 2.28. The fraction of sp³-hybridized carbons (Fsp3) is 0.583. The molecule has 94 valence electrons. The smallest absolute Gasteiger partial charge is 0.324 e. The molecule has 1 aliphatic heterocycles. The maximum Gasteiger partial charge on any atom is 0.324 e. The van der Waals surface area contributed by atoms with Crippen molar-refractivity contribution in [3.63, 3.8) is 0 Å². The lowest BCUT2D eigenvalue weighted by molar-refractivity contribution is -0.150. The Balaban J connectivity index is 2.17. The number of furan rings is 1. The van der Waals surface area contributed by atoms with Crippen molar-refractivity contribution in [1.29, 1.82) is 0 Å². The van der Waals surface area contributed by atoms with Crippen molar-refractivity contribution in [3.05, 3.63) is 22.6 Å². The molecular weight excluding hydrogens is 286 g/mol. The number of hydrogen-bond acceptors (Lipinski definition) is 3. The summed E-state index contributed by atoms with van der Waals surface area (Å²) in [6.45, 7) is 3.31. The second kappa shape index (κ2) is 4.82. The Morgan fingerprint density at radius 3 is 2.94 bits per heavy atom. The molecule has 2 rings (SSSR count). The van der Waals surface area contributed by atoms with Crippen LogP contribution in [-0.2, 0) is 11.3 Å². The highest BCUT2D eigenvalue weighted by atomic mass is 79.9. The average Bonchev–Trinajstić information content (AvgIpc) is 2.86. The molecule has 0 amide bonds. The first-order valence-electron chi connectivity index (χ1n) is 5.81. The van der Waals surface area contributed by atoms with Gasteiger partial charge >= 0.3 is 5.97 Å². The van der Waals surface area contributed by atoms with Crippen LogP contribution in [0.25, 0.3) is 0 Å². The maximum absolute atomic E-state index is 11.5. The van der Waals surface area contributed by atoms with E-state index in [9.17, 15) is 9.90 Å². The molecule has 1 aliphatic rings. The van der Waals surface area contributed by atoms with Crippen LogP contribution < -0.4 is 0 Å². The fourth-order valence-corrected chi connectivity index (χ4v) is 2.92. The molecule has 1 fully saturated rings. The first-order chi connectivity index (χ1) is 8.08. The Bertz CT molecular complexity index is 418. The normalized spacial score (nSPS) is 25.3. The molecule has 1 unspecified atom stereocenters. The number of carboxylic acid groups (broad SMARTS) is 1. The second-order valence-corrected chi connectivity index (χ2v) is 5.20. The van der Waals surface area contributed by atoms with Gasteiger partial charge in [-0.25, -0.2) is 0 Å². The first-order valence-corrected chi connectivity index (χ1v) is 6.60. The van der Waals surface area contributed by atoms with Crippen LogP contribution in [0, 0.1) is 0 Å². The molecule has 0 spiro atoms. The summed E-state index contributed by atoms with van der Waals surface area (Å²) in [5.41, 5.74) is -0.709. The van der Waals surface area contributed by atoms with Crippen molar-refractivity contribution >= 4 is 21.9 Å². The van der Waals surface area contributed by atoms with Gasteiger partial charge in [0.1, 0.15) is 11.3 Å². The molecule has 4 nitrogen and oxygen atoms in total. The molecule has 1 atom stereocenters. The van der Waals surface area contributed by atoms with Gasteiger partial charge in [0, 0.05) is 0 Å². The van der Waals surface area contributed by atoms with E-state index in [-0.39, 0.29) is 0 Å². The lowest BCUT2D eigenvalue weighted by atomic mass is 9.93. The van der Waals surface area contributed by atoms with Gasteiger partial charge in [-0.3, -0.25) is 9.69 Å². The summed E-state index contributed by atoms with van der Waals surface area (Å²) < 4.78 is 6.13. The lowest BCUT2D eigenvalue weighted by Crippen LogP contribution is -2.49. The highest BCUT2D eigenvalue weighted by Crippen LogP contribution is 2.34. The van der Waals surface area contributed by atoms with Crippen LogP contribution in [0.5, 0.6) is 0 Å². The summed E-state index contributed by atoms with van der Waals surface area (Å²) in [4.78, 5) is 13.5. The van der Waals surface area contributed by atoms with Gasteiger partial charge in [-0.15, -0.1) is 0 Å². The molecule has 1 aromatic rings. The van der Waals surface area contributed by atoms with Gasteiger partial charge in [0.15, 0.2) is 4.67 Å². The van der Waals surface area contributed by atoms with Crippen LogP contribution >= 0.6 is 15.9 Å². The molecule has 0 bridgehead atoms. The maximum atomic E-state index is 11.5. The second-order valence-electron chi connectivity index (χ2n) is 4.42. The number of likely N-dealkylation sites (tertiary alicyclic amines) is 1. The van der Waals surface area contributed by atoms with Crippen LogP contribution in [0.2, 0.25) is 0 Å². The Hall–Kier alpha value is -0.810. The van der Waals surface area contributed by atoms with E-state index in [1.54, 1.807) is 0 Å². The van der Waals surface area contributed by atoms with Gasteiger partial charge in [0.05, 0.1) is 6.54 Å². The molecule has 0 aliphatic carbocycles. The Kier molecular flexibility index (Phi) is 3.58. The van der Waals surface area contributed by atoms with E-state index in [0.717, 1.165) is 25.1 Å². The topological polar surface area (TPSA) is 53.7 Å². The van der Waals surface area contributed by atoms with E-state index < -0.39 is 11.5 Å². The minimum atomic E-state index is -0.719. The van der Waals surface area contributed by atoms with Crippen molar-refractivity contribution in [2.24, 2.45) is 0 Å². The van der Waals surface area contributed by atoms with Crippen LogP contribution in [0.4, 0.5) is 0 Å². The fourth-order valence-electron chi connectivity index (χ4n) is 2.58. The summed E-state index contributed by atoms with van der Waals surface area (Å²) in [6, 6.07) is 3.71. The number of halogens is 1. The molecule has 1 saturated heterocycles. The average molecular weight is 302 g/mol. The van der Waals surface area contributed by atoms with Crippen LogP contribution in [-0.4, -0.2) is 28.1 Å². The van der Waals surface area contributed by atoms with Gasteiger partial charge in [-0.1, -0.05) is 6.92 Å². The predicted octanol–water partition coefficient (Wildman–Crippen LogP) is 2.87. The third-order valence-electron chi connectivity index (χ3n) is 3.58. The van der Waals surface area contributed by atoms with Crippen molar-refractivity contribution in [1.82, 2.24) is 4.90 Å². The number of carbonyl (C=O) groups is 1. The minimum Gasteiger partial charge on any atom is -0.480 e. The van der Waals surface area contributed by atoms with E-state index in [4.69, 9.17) is 4.42 Å². The Morgan fingerprint density at radius 1 is 1.65 bits per heavy atom. The van der Waals surface area contributed by atoms with Crippen molar-refractivity contribution in [2.75, 3.05) is 6.54 Å². The van der Waals surface area contributed by atoms with E-state index >= 15 is 0 Å².